The van der Waals surface area contributed by atoms with Crippen molar-refractivity contribution in [2.75, 3.05) is 6.61 Å². The number of amides is 2. The van der Waals surface area contributed by atoms with Crippen LogP contribution >= 0.6 is 0 Å². The summed E-state index contributed by atoms with van der Waals surface area (Å²) in [5, 5.41) is 34.7. The summed E-state index contributed by atoms with van der Waals surface area (Å²) < 4.78 is 13.4. The number of H-pyrrole nitrogens is 2. The largest absolute Gasteiger partial charge is 0.393 e. The highest BCUT2D eigenvalue weighted by molar-refractivity contribution is 5.90. The number of ether oxygens (including phenoxy) is 2. The van der Waals surface area contributed by atoms with Gasteiger partial charge in [0, 0.05) is 23.5 Å². The van der Waals surface area contributed by atoms with Gasteiger partial charge in [-0.2, -0.15) is 0 Å². The molecule has 17 heteroatoms. The zero-order valence-electron chi connectivity index (χ0n) is 21.5. The summed E-state index contributed by atoms with van der Waals surface area (Å²) >= 11 is 0. The minimum absolute atomic E-state index is 0.287. The predicted octanol–water partition coefficient (Wildman–Crippen LogP) is -4.65. The third-order valence-electron chi connectivity index (χ3n) is 7.88. The van der Waals surface area contributed by atoms with Gasteiger partial charge in [0.25, 0.3) is 22.9 Å². The first-order valence-electron chi connectivity index (χ1n) is 12.4. The Kier molecular flexibility index (Phi) is 6.46. The number of aryl methyl sites for hydroxylation is 2. The van der Waals surface area contributed by atoms with Crippen LogP contribution in [0.3, 0.4) is 0 Å². The zero-order valence-corrected chi connectivity index (χ0v) is 21.5. The summed E-state index contributed by atoms with van der Waals surface area (Å²) in [4.78, 5) is 74.2. The lowest BCUT2D eigenvalue weighted by Gasteiger charge is -2.29. The second kappa shape index (κ2) is 9.34. The topological polar surface area (TPSA) is 247 Å². The number of rotatable bonds is 4. The molecular formula is C23H28N6O11. The average molecular weight is 565 g/mol. The van der Waals surface area contributed by atoms with E-state index in [-0.39, 0.29) is 11.5 Å². The van der Waals surface area contributed by atoms with E-state index >= 15 is 0 Å². The Balaban J connectivity index is 0.000000161. The summed E-state index contributed by atoms with van der Waals surface area (Å²) in [6.07, 6.45) is -1.16. The molecule has 4 saturated heterocycles. The SMILES string of the molecule is CC[C@]12O[C@@H](n3cc(C)c(=O)[nH]c3=O)[C@@H](NC1=O)C2O.Cc1cn([C@@H]2O[C@@]3(CO)C(=O)N[C@H]2C3O)c(=O)[nH]c1=O. The molecule has 0 saturated carbocycles. The molecular weight excluding hydrogens is 536 g/mol. The van der Waals surface area contributed by atoms with Gasteiger partial charge >= 0.3 is 11.4 Å². The van der Waals surface area contributed by atoms with Gasteiger partial charge in [-0.05, 0) is 20.3 Å². The number of nitrogens with one attached hydrogen (secondary N) is 4. The highest BCUT2D eigenvalue weighted by Gasteiger charge is 2.66. The number of morpholine rings is 2. The lowest BCUT2D eigenvalue weighted by molar-refractivity contribution is -0.169. The van der Waals surface area contributed by atoms with Crippen molar-refractivity contribution < 1.29 is 34.4 Å². The Morgan fingerprint density at radius 1 is 0.775 bits per heavy atom. The maximum Gasteiger partial charge on any atom is 0.330 e. The number of aromatic nitrogens is 4. The second-order valence-electron chi connectivity index (χ2n) is 10.2. The maximum absolute atomic E-state index is 11.9. The fraction of sp³-hybridized carbons (Fsp3) is 0.565. The van der Waals surface area contributed by atoms with Crippen molar-refractivity contribution in [3.05, 3.63) is 65.2 Å². The third kappa shape index (κ3) is 3.73. The van der Waals surface area contributed by atoms with Gasteiger partial charge in [-0.15, -0.1) is 0 Å². The van der Waals surface area contributed by atoms with E-state index in [1.54, 1.807) is 13.8 Å². The van der Waals surface area contributed by atoms with Gasteiger partial charge in [0.15, 0.2) is 23.7 Å². The van der Waals surface area contributed by atoms with Crippen LogP contribution in [-0.4, -0.2) is 88.3 Å². The fourth-order valence-electron chi connectivity index (χ4n) is 5.50. The first kappa shape index (κ1) is 27.7. The van der Waals surface area contributed by atoms with Crippen LogP contribution in [0.1, 0.15) is 36.9 Å². The van der Waals surface area contributed by atoms with Crippen molar-refractivity contribution in [3.8, 4) is 0 Å². The molecule has 8 atom stereocenters. The molecule has 2 amide bonds. The molecule has 6 heterocycles. The molecule has 7 N–H and O–H groups in total. The molecule has 0 aromatic carbocycles. The van der Waals surface area contributed by atoms with Crippen LogP contribution < -0.4 is 33.1 Å². The molecule has 40 heavy (non-hydrogen) atoms. The van der Waals surface area contributed by atoms with Crippen LogP contribution in [0.15, 0.2) is 31.6 Å². The van der Waals surface area contributed by atoms with Crippen molar-refractivity contribution in [1.29, 1.82) is 0 Å². The van der Waals surface area contributed by atoms with Gasteiger partial charge in [0.1, 0.15) is 24.3 Å². The van der Waals surface area contributed by atoms with E-state index in [9.17, 15) is 44.1 Å². The number of fused-ring (bicyclic) bond motifs is 4. The number of hydrogen-bond acceptors (Lipinski definition) is 11. The Labute approximate surface area is 223 Å². The van der Waals surface area contributed by atoms with E-state index in [1.807, 2.05) is 0 Å². The van der Waals surface area contributed by atoms with E-state index in [0.29, 0.717) is 12.0 Å². The summed E-state index contributed by atoms with van der Waals surface area (Å²) in [7, 11) is 0. The van der Waals surface area contributed by atoms with E-state index < -0.39 is 83.0 Å². The summed E-state index contributed by atoms with van der Waals surface area (Å²) in [5.74, 6) is -0.995. The molecule has 4 aliphatic heterocycles. The predicted molar refractivity (Wildman–Crippen MR) is 131 cm³/mol. The molecule has 2 aromatic heterocycles. The van der Waals surface area contributed by atoms with Crippen LogP contribution in [-0.2, 0) is 19.1 Å². The van der Waals surface area contributed by atoms with Crippen LogP contribution in [0.2, 0.25) is 0 Å². The van der Waals surface area contributed by atoms with E-state index in [2.05, 4.69) is 20.6 Å². The molecule has 0 spiro atoms. The van der Waals surface area contributed by atoms with Gasteiger partial charge in [0.05, 0.1) is 6.61 Å². The van der Waals surface area contributed by atoms with Crippen molar-refractivity contribution >= 4 is 11.8 Å². The minimum Gasteiger partial charge on any atom is -0.393 e. The van der Waals surface area contributed by atoms with E-state index in [4.69, 9.17) is 9.47 Å². The monoisotopic (exact) mass is 564 g/mol. The Morgan fingerprint density at radius 2 is 1.18 bits per heavy atom. The summed E-state index contributed by atoms with van der Waals surface area (Å²) in [6.45, 7) is 4.10. The van der Waals surface area contributed by atoms with Crippen LogP contribution in [0.25, 0.3) is 0 Å². The molecule has 2 unspecified atom stereocenters. The molecule has 2 aromatic rings. The molecule has 4 fully saturated rings. The molecule has 0 aliphatic carbocycles. The first-order valence-corrected chi connectivity index (χ1v) is 12.4. The smallest absolute Gasteiger partial charge is 0.330 e. The Bertz CT molecular complexity index is 1510. The van der Waals surface area contributed by atoms with Gasteiger partial charge in [-0.1, -0.05) is 6.92 Å². The lowest BCUT2D eigenvalue weighted by atomic mass is 9.96. The third-order valence-corrected chi connectivity index (χ3v) is 7.88. The number of aromatic amines is 2. The summed E-state index contributed by atoms with van der Waals surface area (Å²) in [5.41, 5.74) is -4.78. The molecule has 4 aliphatic rings. The van der Waals surface area contributed by atoms with E-state index in [1.165, 1.54) is 23.9 Å². The van der Waals surface area contributed by atoms with Gasteiger partial charge < -0.3 is 35.4 Å². The van der Waals surface area contributed by atoms with Crippen molar-refractivity contribution in [3.63, 3.8) is 0 Å². The van der Waals surface area contributed by atoms with Crippen LogP contribution in [0.5, 0.6) is 0 Å². The minimum atomic E-state index is -1.77. The lowest BCUT2D eigenvalue weighted by Crippen LogP contribution is -2.52. The van der Waals surface area contributed by atoms with Gasteiger partial charge in [-0.25, -0.2) is 9.59 Å². The highest BCUT2D eigenvalue weighted by atomic mass is 16.6. The number of carbonyl (C=O) groups is 2. The van der Waals surface area contributed by atoms with E-state index in [0.717, 1.165) is 4.57 Å². The fourth-order valence-corrected chi connectivity index (χ4v) is 5.50. The number of aliphatic hydroxyl groups excluding tert-OH is 3. The van der Waals surface area contributed by atoms with Crippen molar-refractivity contribution in [2.45, 2.75) is 75.1 Å². The Morgan fingerprint density at radius 3 is 1.55 bits per heavy atom. The summed E-state index contributed by atoms with van der Waals surface area (Å²) in [6, 6.07) is -1.57. The number of hydrogen-bond donors (Lipinski definition) is 7. The van der Waals surface area contributed by atoms with Gasteiger partial charge in [0.2, 0.25) is 0 Å². The molecule has 17 nitrogen and oxygen atoms in total. The van der Waals surface area contributed by atoms with Crippen molar-refractivity contribution in [1.82, 2.24) is 29.7 Å². The maximum atomic E-state index is 11.9. The number of carbonyl (C=O) groups excluding carboxylic acids is 2. The standard InChI is InChI=1S/C12H15N3O5.C11H13N3O6/c1-3-12-7(16)6(13-10(12)18)9(20-12)15-4-5(2)8(17)14-11(15)19;1-4-2-14(10(19)13-7(4)17)8-5-6(16)11(3-15,20-8)9(18)12-5/h4,6-7,9,16H,3H2,1-2H3,(H,13,18)(H,14,17,19);2,5-6,8,15-16H,3H2,1H3,(H,12,18)(H,13,17,19)/t6-,7?,9+,12+;5-,6?,8+,11+/m00/s1. The van der Waals surface area contributed by atoms with Crippen LogP contribution in [0, 0.1) is 13.8 Å². The highest BCUT2D eigenvalue weighted by Crippen LogP contribution is 2.44. The normalized spacial score (nSPS) is 35.4. The number of nitrogens with zero attached hydrogens (tertiary/aromatic N) is 2. The quantitative estimate of drug-likeness (QED) is 0.186. The van der Waals surface area contributed by atoms with Crippen LogP contribution in [0.4, 0.5) is 0 Å². The zero-order chi connectivity index (χ0) is 29.3. The Hall–Kier alpha value is -3.90. The molecule has 0 radical (unpaired) electrons. The second-order valence-corrected chi connectivity index (χ2v) is 10.2. The first-order chi connectivity index (χ1) is 18.8. The number of aliphatic hydroxyl groups is 3. The molecule has 216 valence electrons. The van der Waals surface area contributed by atoms with Crippen molar-refractivity contribution in [2.24, 2.45) is 0 Å². The molecule has 4 bridgehead atoms. The van der Waals surface area contributed by atoms with Gasteiger partial charge in [-0.3, -0.25) is 38.3 Å². The average Bonchev–Trinajstić information content (AvgIpc) is 3.53. The molecule has 6 rings (SSSR count).